The molecule has 0 aliphatic heterocycles. The smallest absolute Gasteiger partial charge is 0.224 e. The van der Waals surface area contributed by atoms with E-state index in [0.717, 1.165) is 31.9 Å². The van der Waals surface area contributed by atoms with E-state index >= 15 is 0 Å². The molecular formula is C13H20N6. The monoisotopic (exact) mass is 260 g/mol. The Bertz CT molecular complexity index is 507. The molecule has 19 heavy (non-hydrogen) atoms. The Morgan fingerprint density at radius 3 is 2.89 bits per heavy atom. The van der Waals surface area contributed by atoms with Crippen LogP contribution in [0.3, 0.4) is 0 Å². The first-order valence-corrected chi connectivity index (χ1v) is 6.58. The van der Waals surface area contributed by atoms with Crippen LogP contribution in [0.4, 0.5) is 11.8 Å². The molecule has 0 spiro atoms. The highest BCUT2D eigenvalue weighted by Gasteiger charge is 1.98. The van der Waals surface area contributed by atoms with Crippen molar-refractivity contribution in [3.8, 4) is 0 Å². The summed E-state index contributed by atoms with van der Waals surface area (Å²) in [6, 6.07) is 1.87. The topological polar surface area (TPSA) is 67.7 Å². The van der Waals surface area contributed by atoms with Gasteiger partial charge in [0.1, 0.15) is 5.82 Å². The predicted octanol–water partition coefficient (Wildman–Crippen LogP) is 1.92. The molecule has 0 amide bonds. The van der Waals surface area contributed by atoms with Crippen molar-refractivity contribution in [2.75, 3.05) is 23.7 Å². The van der Waals surface area contributed by atoms with Crippen molar-refractivity contribution in [3.05, 3.63) is 30.2 Å². The lowest BCUT2D eigenvalue weighted by molar-refractivity contribution is 0.636. The molecule has 6 heteroatoms. The summed E-state index contributed by atoms with van der Waals surface area (Å²) in [5.41, 5.74) is 1.17. The van der Waals surface area contributed by atoms with E-state index in [9.17, 15) is 0 Å². The van der Waals surface area contributed by atoms with Crippen LogP contribution >= 0.6 is 0 Å². The molecule has 0 aliphatic rings. The van der Waals surface area contributed by atoms with Gasteiger partial charge < -0.3 is 10.6 Å². The van der Waals surface area contributed by atoms with E-state index < -0.39 is 0 Å². The van der Waals surface area contributed by atoms with E-state index in [2.05, 4.69) is 32.6 Å². The number of hydrogen-bond donors (Lipinski definition) is 2. The highest BCUT2D eigenvalue weighted by atomic mass is 15.3. The van der Waals surface area contributed by atoms with Crippen LogP contribution in [0.1, 0.15) is 18.9 Å². The Balaban J connectivity index is 1.82. The van der Waals surface area contributed by atoms with Crippen LogP contribution in [0.5, 0.6) is 0 Å². The zero-order valence-electron chi connectivity index (χ0n) is 11.4. The van der Waals surface area contributed by atoms with Crippen LogP contribution < -0.4 is 10.6 Å². The molecule has 0 saturated carbocycles. The third-order valence-corrected chi connectivity index (χ3v) is 2.60. The minimum atomic E-state index is 0.668. The maximum Gasteiger partial charge on any atom is 0.224 e. The summed E-state index contributed by atoms with van der Waals surface area (Å²) in [6.45, 7) is 6.63. The number of hydrogen-bond acceptors (Lipinski definition) is 5. The number of anilines is 2. The molecule has 6 nitrogen and oxygen atoms in total. The summed E-state index contributed by atoms with van der Waals surface area (Å²) in [7, 11) is 0. The third kappa shape index (κ3) is 4.24. The molecule has 0 radical (unpaired) electrons. The van der Waals surface area contributed by atoms with Crippen molar-refractivity contribution >= 4 is 11.8 Å². The average Bonchev–Trinajstić information content (AvgIpc) is 2.83. The largest absolute Gasteiger partial charge is 0.368 e. The molecule has 2 N–H and O–H groups in total. The van der Waals surface area contributed by atoms with Gasteiger partial charge in [0.15, 0.2) is 0 Å². The summed E-state index contributed by atoms with van der Waals surface area (Å²) < 4.78 is 1.92. The summed E-state index contributed by atoms with van der Waals surface area (Å²) in [5, 5.41) is 10.7. The minimum absolute atomic E-state index is 0.668. The van der Waals surface area contributed by atoms with Gasteiger partial charge in [0.05, 0.1) is 12.7 Å². The molecule has 2 aromatic heterocycles. The number of nitrogens with one attached hydrogen (secondary N) is 2. The Morgan fingerprint density at radius 2 is 2.16 bits per heavy atom. The van der Waals surface area contributed by atoms with Gasteiger partial charge in [0.25, 0.3) is 0 Å². The highest BCUT2D eigenvalue weighted by Crippen LogP contribution is 2.05. The molecule has 2 rings (SSSR count). The molecule has 0 aromatic carbocycles. The Labute approximate surface area is 113 Å². The fourth-order valence-electron chi connectivity index (χ4n) is 1.67. The lowest BCUT2D eigenvalue weighted by atomic mass is 10.4. The SMILES string of the molecule is CCCNc1nccc(NCCn2cc(C)cn2)n1. The molecule has 0 atom stereocenters. The van der Waals surface area contributed by atoms with Gasteiger partial charge in [-0.3, -0.25) is 4.68 Å². The maximum absolute atomic E-state index is 4.38. The van der Waals surface area contributed by atoms with Gasteiger partial charge >= 0.3 is 0 Å². The van der Waals surface area contributed by atoms with Gasteiger partial charge in [-0.05, 0) is 25.0 Å². The molecule has 0 saturated heterocycles. The number of aryl methyl sites for hydroxylation is 1. The van der Waals surface area contributed by atoms with Gasteiger partial charge in [0, 0.05) is 25.5 Å². The highest BCUT2D eigenvalue weighted by molar-refractivity contribution is 5.39. The zero-order valence-corrected chi connectivity index (χ0v) is 11.4. The second-order valence-corrected chi connectivity index (χ2v) is 4.40. The first kappa shape index (κ1) is 13.3. The van der Waals surface area contributed by atoms with E-state index in [1.165, 1.54) is 5.56 Å². The molecule has 0 aliphatic carbocycles. The second kappa shape index (κ2) is 6.72. The molecule has 0 bridgehead atoms. The van der Waals surface area contributed by atoms with E-state index in [1.54, 1.807) is 6.20 Å². The summed E-state index contributed by atoms with van der Waals surface area (Å²) in [4.78, 5) is 8.55. The van der Waals surface area contributed by atoms with E-state index in [-0.39, 0.29) is 0 Å². The van der Waals surface area contributed by atoms with Crippen LogP contribution in [0, 0.1) is 6.92 Å². The minimum Gasteiger partial charge on any atom is -0.368 e. The first-order chi connectivity index (χ1) is 9.28. The van der Waals surface area contributed by atoms with Crippen molar-refractivity contribution < 1.29 is 0 Å². The summed E-state index contributed by atoms with van der Waals surface area (Å²) >= 11 is 0. The molecule has 2 heterocycles. The Hall–Kier alpha value is -2.11. The molecular weight excluding hydrogens is 240 g/mol. The number of nitrogens with zero attached hydrogens (tertiary/aromatic N) is 4. The standard InChI is InChI=1S/C13H20N6/c1-3-5-15-13-16-6-4-12(18-13)14-7-8-19-10-11(2)9-17-19/h4,6,9-10H,3,5,7-8H2,1-2H3,(H2,14,15,16,18). The molecule has 0 fully saturated rings. The van der Waals surface area contributed by atoms with Crippen molar-refractivity contribution in [2.45, 2.75) is 26.8 Å². The van der Waals surface area contributed by atoms with Crippen LogP contribution in [-0.4, -0.2) is 32.8 Å². The molecule has 2 aromatic rings. The van der Waals surface area contributed by atoms with Gasteiger partial charge in [-0.25, -0.2) is 4.98 Å². The van der Waals surface area contributed by atoms with Crippen LogP contribution in [0.25, 0.3) is 0 Å². The van der Waals surface area contributed by atoms with Crippen molar-refractivity contribution in [2.24, 2.45) is 0 Å². The van der Waals surface area contributed by atoms with Crippen molar-refractivity contribution in [1.29, 1.82) is 0 Å². The summed E-state index contributed by atoms with van der Waals surface area (Å²) in [5.74, 6) is 1.50. The number of aromatic nitrogens is 4. The first-order valence-electron chi connectivity index (χ1n) is 6.58. The van der Waals surface area contributed by atoms with E-state index in [0.29, 0.717) is 5.95 Å². The van der Waals surface area contributed by atoms with Crippen LogP contribution in [0.2, 0.25) is 0 Å². The fraction of sp³-hybridized carbons (Fsp3) is 0.462. The Kier molecular flexibility index (Phi) is 4.72. The maximum atomic E-state index is 4.38. The second-order valence-electron chi connectivity index (χ2n) is 4.40. The van der Waals surface area contributed by atoms with Crippen LogP contribution in [0.15, 0.2) is 24.7 Å². The normalized spacial score (nSPS) is 10.4. The lowest BCUT2D eigenvalue weighted by Gasteiger charge is -2.07. The zero-order chi connectivity index (χ0) is 13.5. The quantitative estimate of drug-likeness (QED) is 0.796. The van der Waals surface area contributed by atoms with Crippen LogP contribution in [-0.2, 0) is 6.54 Å². The fourth-order valence-corrected chi connectivity index (χ4v) is 1.67. The molecule has 0 unspecified atom stereocenters. The van der Waals surface area contributed by atoms with Gasteiger partial charge in [-0.2, -0.15) is 10.1 Å². The van der Waals surface area contributed by atoms with E-state index in [1.807, 2.05) is 30.1 Å². The average molecular weight is 260 g/mol. The predicted molar refractivity (Wildman–Crippen MR) is 76.3 cm³/mol. The lowest BCUT2D eigenvalue weighted by Crippen LogP contribution is -2.12. The van der Waals surface area contributed by atoms with Crippen molar-refractivity contribution in [1.82, 2.24) is 19.7 Å². The molecule has 102 valence electrons. The van der Waals surface area contributed by atoms with Crippen molar-refractivity contribution in [3.63, 3.8) is 0 Å². The van der Waals surface area contributed by atoms with E-state index in [4.69, 9.17) is 0 Å². The van der Waals surface area contributed by atoms with Gasteiger partial charge in [0.2, 0.25) is 5.95 Å². The van der Waals surface area contributed by atoms with Gasteiger partial charge in [-0.15, -0.1) is 0 Å². The third-order valence-electron chi connectivity index (χ3n) is 2.60. The Morgan fingerprint density at radius 1 is 1.26 bits per heavy atom. The number of rotatable bonds is 7. The van der Waals surface area contributed by atoms with Gasteiger partial charge in [-0.1, -0.05) is 6.92 Å². The summed E-state index contributed by atoms with van der Waals surface area (Å²) in [6.07, 6.45) is 6.69.